The summed E-state index contributed by atoms with van der Waals surface area (Å²) in [6.45, 7) is -0.289. The molecule has 0 radical (unpaired) electrons. The van der Waals surface area contributed by atoms with Gasteiger partial charge < -0.3 is 42.9 Å². The van der Waals surface area contributed by atoms with Gasteiger partial charge in [-0.1, -0.05) is 0 Å². The molecule has 0 rings (SSSR count). The Labute approximate surface area is 131 Å². The van der Waals surface area contributed by atoms with E-state index in [1.807, 2.05) is 0 Å². The van der Waals surface area contributed by atoms with Gasteiger partial charge in [0.25, 0.3) is 0 Å². The van der Waals surface area contributed by atoms with Crippen molar-refractivity contribution in [3.63, 3.8) is 0 Å². The zero-order valence-electron chi connectivity index (χ0n) is 12.1. The molecule has 0 bridgehead atoms. The number of nitrogens with two attached hydrogens (primary N) is 4. The van der Waals surface area contributed by atoms with Crippen LogP contribution < -0.4 is 22.9 Å². The summed E-state index contributed by atoms with van der Waals surface area (Å²) in [6.07, 6.45) is 0.956. The maximum absolute atomic E-state index is 10.2. The largest absolute Gasteiger partial charge is 0.480 e. The molecule has 0 heterocycles. The van der Waals surface area contributed by atoms with Gasteiger partial charge in [-0.3, -0.25) is 19.1 Å². The molecule has 0 unspecified atom stereocenters. The first-order valence-electron chi connectivity index (χ1n) is 6.09. The van der Waals surface area contributed by atoms with Crippen molar-refractivity contribution < 1.29 is 38.7 Å². The maximum Gasteiger partial charge on any atom is 0.469 e. The van der Waals surface area contributed by atoms with Gasteiger partial charge in [0.2, 0.25) is 0 Å². The minimum absolute atomic E-state index is 0.0129. The first-order chi connectivity index (χ1) is 10.4. The van der Waals surface area contributed by atoms with Crippen molar-refractivity contribution in [1.29, 1.82) is 0 Å². The Hall–Kier alpha value is -1.76. The number of aliphatic carboxylic acids is 2. The van der Waals surface area contributed by atoms with Crippen LogP contribution in [0.4, 0.5) is 0 Å². The van der Waals surface area contributed by atoms with E-state index in [1.165, 1.54) is 0 Å². The number of rotatable bonds is 9. The van der Waals surface area contributed by atoms with E-state index in [0.29, 0.717) is 19.4 Å². The summed E-state index contributed by atoms with van der Waals surface area (Å²) in [5.74, 6) is -2.36. The Balaban J connectivity index is 0. The molecule has 0 saturated carbocycles. The second-order valence-electron chi connectivity index (χ2n) is 4.12. The molecule has 12 N–H and O–H groups in total. The van der Waals surface area contributed by atoms with Gasteiger partial charge in [-0.15, -0.1) is 0 Å². The number of hydrogen-bond acceptors (Lipinski definition) is 7. The molecule has 0 aromatic heterocycles. The molecule has 23 heavy (non-hydrogen) atoms. The molecule has 0 saturated heterocycles. The fraction of sp³-hybridized carbons (Fsp3) is 0.667. The van der Waals surface area contributed by atoms with Crippen molar-refractivity contribution in [3.8, 4) is 0 Å². The van der Waals surface area contributed by atoms with E-state index in [0.717, 1.165) is 0 Å². The van der Waals surface area contributed by atoms with E-state index in [2.05, 4.69) is 9.52 Å². The Morgan fingerprint density at radius 2 is 1.57 bits per heavy atom. The number of hydrogen-bond donors (Lipinski definition) is 8. The molecule has 0 aliphatic heterocycles. The van der Waals surface area contributed by atoms with E-state index in [9.17, 15) is 14.2 Å². The Kier molecular flexibility index (Phi) is 12.0. The average Bonchev–Trinajstić information content (AvgIpc) is 2.40. The van der Waals surface area contributed by atoms with Crippen LogP contribution in [-0.2, 0) is 18.7 Å². The minimum Gasteiger partial charge on any atom is -0.480 e. The third-order valence-corrected chi connectivity index (χ3v) is 2.51. The summed E-state index contributed by atoms with van der Waals surface area (Å²) < 4.78 is 13.8. The third-order valence-electron chi connectivity index (χ3n) is 2.02. The van der Waals surface area contributed by atoms with Gasteiger partial charge in [0.1, 0.15) is 12.1 Å². The van der Waals surface area contributed by atoms with Gasteiger partial charge in [0.15, 0.2) is 5.96 Å². The zero-order valence-corrected chi connectivity index (χ0v) is 13.0. The lowest BCUT2D eigenvalue weighted by Gasteiger charge is -2.07. The number of aliphatic imine (C=N–C) groups is 1. The normalized spacial score (nSPS) is 13.2. The molecule has 0 spiro atoms. The second-order valence-corrected chi connectivity index (χ2v) is 5.36. The molecular weight excluding hydrogens is 337 g/mol. The first kappa shape index (κ1) is 23.5. The van der Waals surface area contributed by atoms with Crippen molar-refractivity contribution in [2.45, 2.75) is 24.9 Å². The summed E-state index contributed by atoms with van der Waals surface area (Å²) in [5, 5.41) is 16.5. The third kappa shape index (κ3) is 18.2. The highest BCUT2D eigenvalue weighted by Gasteiger charge is 2.19. The van der Waals surface area contributed by atoms with Crippen LogP contribution in [-0.4, -0.2) is 63.1 Å². The molecule has 0 aliphatic carbocycles. The van der Waals surface area contributed by atoms with E-state index < -0.39 is 38.5 Å². The molecule has 0 aromatic carbocycles. The summed E-state index contributed by atoms with van der Waals surface area (Å²) >= 11 is 0. The number of guanidine groups is 1. The predicted molar refractivity (Wildman–Crippen MR) is 79.1 cm³/mol. The van der Waals surface area contributed by atoms with Gasteiger partial charge in [-0.2, -0.15) is 0 Å². The van der Waals surface area contributed by atoms with Crippen molar-refractivity contribution in [2.24, 2.45) is 27.9 Å². The lowest BCUT2D eigenvalue weighted by molar-refractivity contribution is -0.140. The summed E-state index contributed by atoms with van der Waals surface area (Å²) in [7, 11) is -4.60. The quantitative estimate of drug-likeness (QED) is 0.0883. The highest BCUT2D eigenvalue weighted by Crippen LogP contribution is 2.35. The van der Waals surface area contributed by atoms with E-state index >= 15 is 0 Å². The Morgan fingerprint density at radius 1 is 1.09 bits per heavy atom. The monoisotopic (exact) mass is 359 g/mol. The highest BCUT2D eigenvalue weighted by molar-refractivity contribution is 7.46. The smallest absolute Gasteiger partial charge is 0.469 e. The zero-order chi connectivity index (χ0) is 18.6. The molecule has 2 atom stereocenters. The number of carboxylic acid groups (broad SMARTS) is 2. The Bertz CT molecular complexity index is 449. The predicted octanol–water partition coefficient (Wildman–Crippen LogP) is -3.04. The Morgan fingerprint density at radius 3 is 1.91 bits per heavy atom. The standard InChI is InChI=1S/C6H14N4O2.C3H8NO6P/c7-4(5(11)12)2-1-3-10-6(8)9;4-2(3(5)6)1-10-11(7,8)9/h4H,1-3,7H2,(H,11,12)(H4,8,9,10);2H,1,4H2,(H,5,6)(H2,7,8,9)/t4-;2-/m00/s1. The maximum atomic E-state index is 10.2. The summed E-state index contributed by atoms with van der Waals surface area (Å²) in [5.41, 5.74) is 20.2. The van der Waals surface area contributed by atoms with Crippen LogP contribution in [0.2, 0.25) is 0 Å². The molecule has 0 amide bonds. The molecule has 13 nitrogen and oxygen atoms in total. The summed E-state index contributed by atoms with van der Waals surface area (Å²) in [4.78, 5) is 40.0. The lowest BCUT2D eigenvalue weighted by atomic mass is 10.2. The van der Waals surface area contributed by atoms with Crippen LogP contribution in [0.3, 0.4) is 0 Å². The number of nitrogens with zero attached hydrogens (tertiary/aromatic N) is 1. The van der Waals surface area contributed by atoms with Crippen LogP contribution in [0, 0.1) is 0 Å². The topological polar surface area (TPSA) is 258 Å². The van der Waals surface area contributed by atoms with Gasteiger partial charge in [-0.25, -0.2) is 4.57 Å². The fourth-order valence-electron chi connectivity index (χ4n) is 0.892. The van der Waals surface area contributed by atoms with E-state index in [-0.39, 0.29) is 5.96 Å². The van der Waals surface area contributed by atoms with Crippen LogP contribution >= 0.6 is 7.82 Å². The number of carbonyl (C=O) groups is 2. The van der Waals surface area contributed by atoms with Crippen molar-refractivity contribution in [1.82, 2.24) is 0 Å². The minimum atomic E-state index is -4.60. The fourth-order valence-corrected chi connectivity index (χ4v) is 1.25. The number of phosphoric ester groups is 1. The van der Waals surface area contributed by atoms with Gasteiger partial charge >= 0.3 is 19.8 Å². The average molecular weight is 359 g/mol. The summed E-state index contributed by atoms with van der Waals surface area (Å²) in [6, 6.07) is -2.23. The van der Waals surface area contributed by atoms with Crippen molar-refractivity contribution in [3.05, 3.63) is 0 Å². The van der Waals surface area contributed by atoms with Crippen LogP contribution in [0.15, 0.2) is 4.99 Å². The van der Waals surface area contributed by atoms with Crippen molar-refractivity contribution >= 4 is 25.7 Å². The van der Waals surface area contributed by atoms with E-state index in [1.54, 1.807) is 0 Å². The second kappa shape index (κ2) is 11.8. The molecule has 0 fully saturated rings. The van der Waals surface area contributed by atoms with Crippen molar-refractivity contribution in [2.75, 3.05) is 13.2 Å². The highest BCUT2D eigenvalue weighted by atomic mass is 31.2. The molecular formula is C9H22N5O8P. The van der Waals surface area contributed by atoms with Crippen LogP contribution in [0.5, 0.6) is 0 Å². The number of carboxylic acids is 2. The van der Waals surface area contributed by atoms with Crippen LogP contribution in [0.25, 0.3) is 0 Å². The van der Waals surface area contributed by atoms with Gasteiger partial charge in [-0.05, 0) is 12.8 Å². The van der Waals surface area contributed by atoms with E-state index in [4.69, 9.17) is 42.9 Å². The molecule has 0 aromatic rings. The lowest BCUT2D eigenvalue weighted by Crippen LogP contribution is -2.34. The first-order valence-corrected chi connectivity index (χ1v) is 7.62. The molecule has 0 aliphatic rings. The van der Waals surface area contributed by atoms with Gasteiger partial charge in [0, 0.05) is 6.54 Å². The van der Waals surface area contributed by atoms with Crippen LogP contribution in [0.1, 0.15) is 12.8 Å². The number of phosphoric acid groups is 1. The SMILES string of the molecule is NC(N)=NCCC[C@H](N)C(=O)O.N[C@@H](COP(=O)(O)O)C(=O)O. The van der Waals surface area contributed by atoms with Gasteiger partial charge in [0.05, 0.1) is 6.61 Å². The molecule has 136 valence electrons. The molecule has 14 heteroatoms.